The Morgan fingerprint density at radius 2 is 1.05 bits per heavy atom. The van der Waals surface area contributed by atoms with Crippen molar-refractivity contribution in [2.24, 2.45) is 0 Å². The molecule has 5 nitrogen and oxygen atoms in total. The second kappa shape index (κ2) is 14.4. The maximum atomic E-state index is 11.3. The van der Waals surface area contributed by atoms with Crippen molar-refractivity contribution in [3.8, 4) is 0 Å². The van der Waals surface area contributed by atoms with Crippen molar-refractivity contribution in [2.45, 2.75) is 54.6 Å². The zero-order valence-corrected chi connectivity index (χ0v) is 22.6. The number of rotatable bonds is 12. The molecular formula is C33H34O5S. The van der Waals surface area contributed by atoms with E-state index in [2.05, 4.69) is 0 Å². The smallest absolute Gasteiger partial charge is 0.170 e. The third-order valence-corrected chi connectivity index (χ3v) is 7.91. The van der Waals surface area contributed by atoms with E-state index >= 15 is 0 Å². The van der Waals surface area contributed by atoms with Crippen LogP contribution in [-0.4, -0.2) is 41.6 Å². The number of aliphatic hydroxyl groups is 1. The molecule has 5 atom stereocenters. The number of hydrogen-bond donors (Lipinski definition) is 1. The summed E-state index contributed by atoms with van der Waals surface area (Å²) in [6.45, 7) is 1.50. The van der Waals surface area contributed by atoms with Gasteiger partial charge >= 0.3 is 0 Å². The van der Waals surface area contributed by atoms with Gasteiger partial charge < -0.3 is 24.1 Å². The average molecular weight is 543 g/mol. The Morgan fingerprint density at radius 1 is 0.590 bits per heavy atom. The summed E-state index contributed by atoms with van der Waals surface area (Å²) < 4.78 is 25.4. The first-order valence-corrected chi connectivity index (χ1v) is 14.1. The Labute approximate surface area is 234 Å². The van der Waals surface area contributed by atoms with E-state index in [1.165, 1.54) is 0 Å². The lowest BCUT2D eigenvalue weighted by molar-refractivity contribution is -0.261. The molecule has 1 heterocycles. The first-order chi connectivity index (χ1) is 19.3. The van der Waals surface area contributed by atoms with Gasteiger partial charge in [-0.25, -0.2) is 0 Å². The molecule has 0 saturated carbocycles. The first-order valence-electron chi connectivity index (χ1n) is 13.2. The Hall–Kier alpha value is -2.97. The third kappa shape index (κ3) is 8.02. The molecular weight excluding hydrogens is 508 g/mol. The monoisotopic (exact) mass is 542 g/mol. The van der Waals surface area contributed by atoms with Gasteiger partial charge in [0.05, 0.1) is 31.7 Å². The standard InChI is InChI=1S/C33H34O5S/c34-33-32(39-28-19-11-4-12-20-28)31(37-23-27-17-9-3-10-18-27)30(36-22-26-15-7-2-8-16-26)29(38-33)24-35-21-25-13-5-1-6-14-25/h1-20,29-34H,21-24H2/t29-,30-,31+,32+,33+/m1/s1. The van der Waals surface area contributed by atoms with Gasteiger partial charge in [-0.15, -0.1) is 11.8 Å². The minimum atomic E-state index is -1.06. The van der Waals surface area contributed by atoms with Crippen LogP contribution >= 0.6 is 11.8 Å². The molecule has 0 radical (unpaired) electrons. The van der Waals surface area contributed by atoms with E-state index in [9.17, 15) is 5.11 Å². The Bertz CT molecular complexity index is 1230. The van der Waals surface area contributed by atoms with Crippen LogP contribution in [0, 0.1) is 0 Å². The van der Waals surface area contributed by atoms with Gasteiger partial charge in [0.1, 0.15) is 18.3 Å². The van der Waals surface area contributed by atoms with Gasteiger partial charge in [0, 0.05) is 4.90 Å². The SMILES string of the molecule is O[C@H]1O[C@H](COCc2ccccc2)[C@@H](OCc2ccccc2)[C@H](OCc2ccccc2)[C@@H]1Sc1ccccc1. The molecule has 4 aromatic rings. The zero-order valence-electron chi connectivity index (χ0n) is 21.8. The maximum Gasteiger partial charge on any atom is 0.170 e. The molecule has 0 amide bonds. The number of thioether (sulfide) groups is 1. The van der Waals surface area contributed by atoms with Crippen molar-refractivity contribution in [3.63, 3.8) is 0 Å². The van der Waals surface area contributed by atoms with Crippen LogP contribution in [0.2, 0.25) is 0 Å². The summed E-state index contributed by atoms with van der Waals surface area (Å²) >= 11 is 1.54. The highest BCUT2D eigenvalue weighted by Crippen LogP contribution is 2.37. The van der Waals surface area contributed by atoms with Crippen LogP contribution in [0.1, 0.15) is 16.7 Å². The van der Waals surface area contributed by atoms with Crippen molar-refractivity contribution in [2.75, 3.05) is 6.61 Å². The topological polar surface area (TPSA) is 57.2 Å². The molecule has 0 bridgehead atoms. The second-order valence-electron chi connectivity index (χ2n) is 9.48. The summed E-state index contributed by atoms with van der Waals surface area (Å²) in [7, 11) is 0. The van der Waals surface area contributed by atoms with Crippen molar-refractivity contribution in [1.29, 1.82) is 0 Å². The number of benzene rings is 4. The first kappa shape index (κ1) is 27.6. The third-order valence-electron chi connectivity index (χ3n) is 6.59. The van der Waals surface area contributed by atoms with E-state index in [0.29, 0.717) is 19.8 Å². The van der Waals surface area contributed by atoms with Gasteiger partial charge in [-0.3, -0.25) is 0 Å². The molecule has 1 saturated heterocycles. The average Bonchev–Trinajstić information content (AvgIpc) is 2.99. The van der Waals surface area contributed by atoms with Gasteiger partial charge in [0.15, 0.2) is 6.29 Å². The molecule has 5 rings (SSSR count). The van der Waals surface area contributed by atoms with Crippen LogP contribution in [0.5, 0.6) is 0 Å². The molecule has 0 unspecified atom stereocenters. The Balaban J connectivity index is 1.38. The number of aliphatic hydroxyl groups excluding tert-OH is 1. The van der Waals surface area contributed by atoms with E-state index in [1.54, 1.807) is 11.8 Å². The summed E-state index contributed by atoms with van der Waals surface area (Å²) in [6.07, 6.45) is -2.48. The molecule has 0 spiro atoms. The van der Waals surface area contributed by atoms with Crippen LogP contribution < -0.4 is 0 Å². The van der Waals surface area contributed by atoms with Crippen LogP contribution in [-0.2, 0) is 38.8 Å². The summed E-state index contributed by atoms with van der Waals surface area (Å²) in [4.78, 5) is 1.03. The van der Waals surface area contributed by atoms with E-state index in [0.717, 1.165) is 21.6 Å². The van der Waals surface area contributed by atoms with Crippen molar-refractivity contribution in [3.05, 3.63) is 138 Å². The fourth-order valence-electron chi connectivity index (χ4n) is 4.60. The lowest BCUT2D eigenvalue weighted by atomic mass is 10.00. The van der Waals surface area contributed by atoms with E-state index < -0.39 is 29.9 Å². The highest BCUT2D eigenvalue weighted by atomic mass is 32.2. The second-order valence-corrected chi connectivity index (χ2v) is 10.7. The molecule has 0 aliphatic carbocycles. The lowest BCUT2D eigenvalue weighted by Gasteiger charge is -2.44. The zero-order chi connectivity index (χ0) is 26.7. The fourth-order valence-corrected chi connectivity index (χ4v) is 5.78. The quantitative estimate of drug-likeness (QED) is 0.228. The van der Waals surface area contributed by atoms with Crippen molar-refractivity contribution < 1.29 is 24.1 Å². The van der Waals surface area contributed by atoms with Gasteiger partial charge in [-0.1, -0.05) is 109 Å². The van der Waals surface area contributed by atoms with Gasteiger partial charge in [-0.2, -0.15) is 0 Å². The molecule has 4 aromatic carbocycles. The predicted octanol–water partition coefficient (Wildman–Crippen LogP) is 6.25. The van der Waals surface area contributed by atoms with Crippen molar-refractivity contribution in [1.82, 2.24) is 0 Å². The molecule has 6 heteroatoms. The highest BCUT2D eigenvalue weighted by molar-refractivity contribution is 8.00. The van der Waals surface area contributed by atoms with Crippen LogP contribution in [0.25, 0.3) is 0 Å². The summed E-state index contributed by atoms with van der Waals surface area (Å²) in [5.74, 6) is 0. The van der Waals surface area contributed by atoms with Crippen LogP contribution in [0.3, 0.4) is 0 Å². The minimum Gasteiger partial charge on any atom is -0.374 e. The van der Waals surface area contributed by atoms with Crippen LogP contribution in [0.4, 0.5) is 0 Å². The highest BCUT2D eigenvalue weighted by Gasteiger charge is 2.47. The van der Waals surface area contributed by atoms with Crippen LogP contribution in [0.15, 0.2) is 126 Å². The molecule has 0 aromatic heterocycles. The fraction of sp³-hybridized carbons (Fsp3) is 0.273. The lowest BCUT2D eigenvalue weighted by Crippen LogP contribution is -2.59. The minimum absolute atomic E-state index is 0.263. The van der Waals surface area contributed by atoms with Gasteiger partial charge in [0.25, 0.3) is 0 Å². The van der Waals surface area contributed by atoms with Crippen molar-refractivity contribution >= 4 is 11.8 Å². The maximum absolute atomic E-state index is 11.3. The van der Waals surface area contributed by atoms with E-state index in [4.69, 9.17) is 18.9 Å². The summed E-state index contributed by atoms with van der Waals surface area (Å²) in [6, 6.07) is 40.1. The summed E-state index contributed by atoms with van der Waals surface area (Å²) in [5, 5.41) is 10.9. The Kier molecular flexibility index (Phi) is 10.2. The van der Waals surface area contributed by atoms with E-state index in [1.807, 2.05) is 121 Å². The normalized spacial score (nSPS) is 22.9. The molecule has 39 heavy (non-hydrogen) atoms. The predicted molar refractivity (Wildman–Crippen MR) is 153 cm³/mol. The molecule has 1 N–H and O–H groups in total. The molecule has 1 fully saturated rings. The number of hydrogen-bond acceptors (Lipinski definition) is 6. The number of ether oxygens (including phenoxy) is 4. The largest absolute Gasteiger partial charge is 0.374 e. The summed E-state index contributed by atoms with van der Waals surface area (Å²) in [5.41, 5.74) is 3.19. The molecule has 1 aliphatic heterocycles. The Morgan fingerprint density at radius 3 is 1.59 bits per heavy atom. The van der Waals surface area contributed by atoms with Gasteiger partial charge in [0.2, 0.25) is 0 Å². The molecule has 1 aliphatic rings. The van der Waals surface area contributed by atoms with E-state index in [-0.39, 0.29) is 6.61 Å². The molecule has 202 valence electrons. The van der Waals surface area contributed by atoms with Gasteiger partial charge in [-0.05, 0) is 28.8 Å².